The lowest BCUT2D eigenvalue weighted by Gasteiger charge is -2.29. The van der Waals surface area contributed by atoms with Crippen molar-refractivity contribution in [2.75, 3.05) is 24.3 Å². The van der Waals surface area contributed by atoms with Crippen molar-refractivity contribution < 1.29 is 9.53 Å². The number of aliphatic imine (C=N–C) groups is 1. The highest BCUT2D eigenvalue weighted by molar-refractivity contribution is 6.20. The summed E-state index contributed by atoms with van der Waals surface area (Å²) in [5.74, 6) is -0.144. The van der Waals surface area contributed by atoms with Gasteiger partial charge < -0.3 is 37.2 Å². The lowest BCUT2D eigenvalue weighted by Crippen LogP contribution is -2.43. The highest BCUT2D eigenvalue weighted by Crippen LogP contribution is 2.40. The van der Waals surface area contributed by atoms with E-state index in [1.165, 1.54) is 19.1 Å². The number of unbranched alkanes of at least 4 members (excludes halogenated alkanes) is 1. The van der Waals surface area contributed by atoms with Gasteiger partial charge in [-0.3, -0.25) is 4.79 Å². The zero-order chi connectivity index (χ0) is 27.2. The Labute approximate surface area is 218 Å². The zero-order valence-electron chi connectivity index (χ0n) is 22.2. The number of rotatable bonds is 8. The first-order valence-electron chi connectivity index (χ1n) is 12.7. The molecule has 0 saturated carbocycles. The van der Waals surface area contributed by atoms with E-state index in [-0.39, 0.29) is 5.54 Å². The summed E-state index contributed by atoms with van der Waals surface area (Å²) in [5, 5.41) is 15.4. The minimum Gasteiger partial charge on any atom is -0.398 e. The summed E-state index contributed by atoms with van der Waals surface area (Å²) in [4.78, 5) is 20.3. The Morgan fingerprint density at radius 1 is 1.38 bits per heavy atom. The van der Waals surface area contributed by atoms with Gasteiger partial charge in [0.05, 0.1) is 23.5 Å². The molecule has 1 fully saturated rings. The number of amides is 1. The third-order valence-corrected chi connectivity index (χ3v) is 6.46. The molecule has 2 aliphatic heterocycles. The van der Waals surface area contributed by atoms with Crippen molar-refractivity contribution in [1.82, 2.24) is 10.3 Å². The molecule has 3 heterocycles. The second-order valence-electron chi connectivity index (χ2n) is 9.53. The van der Waals surface area contributed by atoms with Crippen LogP contribution in [0.5, 0.6) is 0 Å². The fourth-order valence-electron chi connectivity index (χ4n) is 4.24. The molecule has 2 atom stereocenters. The number of carbonyl (C=O) groups is 1. The molecular weight excluding hydrogens is 466 g/mol. The summed E-state index contributed by atoms with van der Waals surface area (Å²) in [6, 6.07) is 2.60. The van der Waals surface area contributed by atoms with Crippen LogP contribution in [0, 0.1) is 5.41 Å². The first kappa shape index (κ1) is 27.7. The van der Waals surface area contributed by atoms with E-state index in [1.807, 2.05) is 31.2 Å². The topological polar surface area (TPSA) is 154 Å². The number of nitrogens with zero attached hydrogens (tertiary/aromatic N) is 1. The van der Waals surface area contributed by atoms with Gasteiger partial charge in [-0.25, -0.2) is 4.99 Å². The fourth-order valence-corrected chi connectivity index (χ4v) is 4.24. The number of primary amides is 1. The van der Waals surface area contributed by atoms with Gasteiger partial charge in [0.1, 0.15) is 5.84 Å². The maximum atomic E-state index is 12.4. The summed E-state index contributed by atoms with van der Waals surface area (Å²) in [7, 11) is 0. The number of H-pyrrole nitrogens is 1. The van der Waals surface area contributed by atoms with E-state index in [9.17, 15) is 4.79 Å². The molecule has 2 aromatic rings. The lowest BCUT2D eigenvalue weighted by molar-refractivity contribution is -0.119. The number of allylic oxidation sites excluding steroid dienone is 3. The summed E-state index contributed by atoms with van der Waals surface area (Å²) in [6.07, 6.45) is 10.3. The van der Waals surface area contributed by atoms with Gasteiger partial charge in [0, 0.05) is 46.2 Å². The zero-order valence-corrected chi connectivity index (χ0v) is 22.2. The van der Waals surface area contributed by atoms with E-state index >= 15 is 0 Å². The number of fused-ring (bicyclic) bond motifs is 3. The van der Waals surface area contributed by atoms with Crippen LogP contribution in [0.4, 0.5) is 11.4 Å². The molecule has 1 amide bonds. The van der Waals surface area contributed by atoms with Gasteiger partial charge >= 0.3 is 0 Å². The average molecular weight is 506 g/mol. The van der Waals surface area contributed by atoms with E-state index < -0.39 is 11.9 Å². The van der Waals surface area contributed by atoms with Gasteiger partial charge in [0.15, 0.2) is 6.04 Å². The number of nitrogens with one attached hydrogen (secondary N) is 4. The molecule has 0 radical (unpaired) electrons. The number of anilines is 2. The summed E-state index contributed by atoms with van der Waals surface area (Å²) < 4.78 is 5.56. The van der Waals surface area contributed by atoms with Crippen LogP contribution in [0.15, 0.2) is 53.2 Å². The largest absolute Gasteiger partial charge is 0.398 e. The first-order valence-corrected chi connectivity index (χ1v) is 12.7. The van der Waals surface area contributed by atoms with Crippen LogP contribution in [0.25, 0.3) is 10.9 Å². The minimum absolute atomic E-state index is 0.252. The summed E-state index contributed by atoms with van der Waals surface area (Å²) in [6.45, 7) is 13.9. The van der Waals surface area contributed by atoms with Gasteiger partial charge in [-0.2, -0.15) is 0 Å². The summed E-state index contributed by atoms with van der Waals surface area (Å²) in [5.41, 5.74) is 15.9. The molecular formula is C28H39N7O2. The lowest BCUT2D eigenvalue weighted by atomic mass is 9.98. The number of nitrogens with two attached hydrogens (primary N) is 2. The van der Waals surface area contributed by atoms with Crippen molar-refractivity contribution in [2.24, 2.45) is 10.7 Å². The van der Waals surface area contributed by atoms with Crippen LogP contribution in [-0.2, 0) is 9.53 Å². The normalized spacial score (nSPS) is 21.0. The molecule has 2 aliphatic rings. The van der Waals surface area contributed by atoms with Crippen LogP contribution in [0.2, 0.25) is 0 Å². The van der Waals surface area contributed by atoms with Crippen LogP contribution < -0.4 is 22.1 Å². The second kappa shape index (κ2) is 11.9. The Morgan fingerprint density at radius 2 is 2.11 bits per heavy atom. The quantitative estimate of drug-likeness (QED) is 0.174. The number of nitrogen functional groups attached to an aromatic ring is 1. The molecule has 9 heteroatoms. The number of hydrogen-bond acceptors (Lipinski definition) is 7. The van der Waals surface area contributed by atoms with E-state index in [4.69, 9.17) is 21.6 Å². The molecule has 37 heavy (non-hydrogen) atoms. The predicted molar refractivity (Wildman–Crippen MR) is 153 cm³/mol. The Hall–Kier alpha value is -3.85. The number of amidine groups is 1. The Morgan fingerprint density at radius 3 is 2.68 bits per heavy atom. The molecule has 4 rings (SSSR count). The maximum absolute atomic E-state index is 12.4. The molecule has 0 aliphatic carbocycles. The van der Waals surface area contributed by atoms with Gasteiger partial charge in [-0.05, 0) is 38.5 Å². The number of ether oxygens (including phenoxy) is 1. The molecule has 0 bridgehead atoms. The van der Waals surface area contributed by atoms with Gasteiger partial charge in [-0.1, -0.05) is 45.4 Å². The maximum Gasteiger partial charge on any atom is 0.248 e. The highest BCUT2D eigenvalue weighted by atomic mass is 16.5. The molecule has 198 valence electrons. The van der Waals surface area contributed by atoms with E-state index in [2.05, 4.69) is 48.0 Å². The number of hydrogen-bond donors (Lipinski definition) is 6. The number of carbonyl (C=O) groups excluding carboxylic acids is 1. The van der Waals surface area contributed by atoms with Crippen LogP contribution in [-0.4, -0.2) is 41.7 Å². The smallest absolute Gasteiger partial charge is 0.248 e. The average Bonchev–Trinajstić information content (AvgIpc) is 3.47. The molecule has 2 unspecified atom stereocenters. The monoisotopic (exact) mass is 505 g/mol. The van der Waals surface area contributed by atoms with Crippen molar-refractivity contribution in [1.29, 1.82) is 5.41 Å². The number of aromatic amines is 1. The molecule has 0 spiro atoms. The van der Waals surface area contributed by atoms with Crippen molar-refractivity contribution in [2.45, 2.75) is 58.5 Å². The molecule has 9 nitrogen and oxygen atoms in total. The van der Waals surface area contributed by atoms with Gasteiger partial charge in [0.2, 0.25) is 5.91 Å². The predicted octanol–water partition coefficient (Wildman–Crippen LogP) is 4.69. The standard InChI is InChI=1S/C24H29N7O2.C4H10/c1-4-5-6-14(13(2)31-24(3)9-10-33-12-24)23-29-19-18-15(11-25)16(26)7-8-17(18)28-20(19)21(30-23)22(27)32;1-3-4-2/h4-8,11,21,25,28,31H,2,9-10,12,26H2,1,3H3,(H2,27,32)(H,29,30);3-4H2,1-2H3/b5-4-,14-6+,25-11?;. The van der Waals surface area contributed by atoms with E-state index in [0.29, 0.717) is 58.3 Å². The van der Waals surface area contributed by atoms with Gasteiger partial charge in [-0.15, -0.1) is 0 Å². The summed E-state index contributed by atoms with van der Waals surface area (Å²) >= 11 is 0. The minimum atomic E-state index is -0.935. The fraction of sp³-hybridized carbons (Fsp3) is 0.393. The van der Waals surface area contributed by atoms with Crippen molar-refractivity contribution >= 4 is 40.2 Å². The number of benzene rings is 1. The number of aromatic nitrogens is 1. The molecule has 8 N–H and O–H groups in total. The Bertz CT molecular complexity index is 1260. The third kappa shape index (κ3) is 5.94. The molecule has 1 saturated heterocycles. The SMILES string of the molecule is C=C(NC1(C)CCOC1)/C(=C\C=C/C)C1=NC(C(N)=O)c2[nH]c3ccc(N)c(C=N)c3c2N1.CCCC. The van der Waals surface area contributed by atoms with E-state index in [1.54, 1.807) is 6.07 Å². The Balaban J connectivity index is 0.000000886. The van der Waals surface area contributed by atoms with Crippen molar-refractivity contribution in [3.8, 4) is 0 Å². The van der Waals surface area contributed by atoms with Gasteiger partial charge in [0.25, 0.3) is 0 Å². The van der Waals surface area contributed by atoms with E-state index in [0.717, 1.165) is 11.9 Å². The third-order valence-electron chi connectivity index (χ3n) is 6.46. The molecule has 1 aromatic carbocycles. The molecule has 1 aromatic heterocycles. The highest BCUT2D eigenvalue weighted by Gasteiger charge is 2.34. The van der Waals surface area contributed by atoms with Crippen LogP contribution in [0.1, 0.15) is 64.3 Å². The van der Waals surface area contributed by atoms with Crippen LogP contribution in [0.3, 0.4) is 0 Å². The van der Waals surface area contributed by atoms with Crippen molar-refractivity contribution in [3.05, 3.63) is 59.5 Å². The second-order valence-corrected chi connectivity index (χ2v) is 9.53. The Kier molecular flexibility index (Phi) is 8.94. The van der Waals surface area contributed by atoms with Crippen LogP contribution >= 0.6 is 0 Å². The first-order chi connectivity index (χ1) is 17.7. The van der Waals surface area contributed by atoms with Crippen molar-refractivity contribution in [3.63, 3.8) is 0 Å².